The van der Waals surface area contributed by atoms with E-state index in [1.807, 2.05) is 23.1 Å². The fourth-order valence-electron chi connectivity index (χ4n) is 3.25. The van der Waals surface area contributed by atoms with E-state index in [1.165, 1.54) is 11.6 Å². The van der Waals surface area contributed by atoms with Crippen molar-refractivity contribution in [2.24, 2.45) is 0 Å². The van der Waals surface area contributed by atoms with Gasteiger partial charge in [-0.3, -0.25) is 4.79 Å². The number of carbonyl (C=O) groups is 1. The average Bonchev–Trinajstić information content (AvgIpc) is 3.11. The van der Waals surface area contributed by atoms with Crippen LogP contribution in [0.4, 0.5) is 8.78 Å². The van der Waals surface area contributed by atoms with Crippen LogP contribution in [0.15, 0.2) is 42.6 Å². The van der Waals surface area contributed by atoms with Crippen molar-refractivity contribution in [1.29, 1.82) is 0 Å². The molecule has 1 aromatic heterocycles. The number of halogens is 2. The first kappa shape index (κ1) is 16.6. The van der Waals surface area contributed by atoms with Gasteiger partial charge in [-0.25, -0.2) is 4.68 Å². The highest BCUT2D eigenvalue weighted by molar-refractivity contribution is 5.92. The van der Waals surface area contributed by atoms with Gasteiger partial charge in [0.25, 0.3) is 5.91 Å². The Bertz CT molecular complexity index is 672. The summed E-state index contributed by atoms with van der Waals surface area (Å²) in [5.74, 6) is -0.243. The third kappa shape index (κ3) is 3.80. The topological polar surface area (TPSA) is 38.1 Å². The van der Waals surface area contributed by atoms with Crippen molar-refractivity contribution < 1.29 is 13.6 Å². The monoisotopic (exact) mass is 333 g/mol. The van der Waals surface area contributed by atoms with Gasteiger partial charge in [-0.1, -0.05) is 30.3 Å². The van der Waals surface area contributed by atoms with Gasteiger partial charge in [-0.2, -0.15) is 13.9 Å². The Hall–Kier alpha value is -2.24. The van der Waals surface area contributed by atoms with Gasteiger partial charge in [0, 0.05) is 18.8 Å². The second-order valence-corrected chi connectivity index (χ2v) is 6.13. The van der Waals surface area contributed by atoms with Gasteiger partial charge in [0.1, 0.15) is 0 Å². The highest BCUT2D eigenvalue weighted by Gasteiger charge is 2.28. The van der Waals surface area contributed by atoms with Crippen molar-refractivity contribution in [3.05, 3.63) is 53.9 Å². The number of aryl methyl sites for hydroxylation is 1. The lowest BCUT2D eigenvalue weighted by Gasteiger charge is -2.35. The number of amides is 1. The van der Waals surface area contributed by atoms with Gasteiger partial charge in [0.2, 0.25) is 0 Å². The molecule has 0 spiro atoms. The van der Waals surface area contributed by atoms with Gasteiger partial charge >= 0.3 is 6.55 Å². The lowest BCUT2D eigenvalue weighted by atomic mass is 9.95. The third-order valence-electron chi connectivity index (χ3n) is 4.52. The fraction of sp³-hybridized carbons (Fsp3) is 0.444. The van der Waals surface area contributed by atoms with Gasteiger partial charge in [-0.05, 0) is 43.7 Å². The van der Waals surface area contributed by atoms with E-state index in [-0.39, 0.29) is 17.6 Å². The summed E-state index contributed by atoms with van der Waals surface area (Å²) < 4.78 is 25.8. The van der Waals surface area contributed by atoms with Crippen LogP contribution in [0.3, 0.4) is 0 Å². The molecular formula is C18H21F2N3O. The van der Waals surface area contributed by atoms with Crippen molar-refractivity contribution in [3.8, 4) is 0 Å². The van der Waals surface area contributed by atoms with E-state index in [9.17, 15) is 13.6 Å². The molecule has 3 rings (SSSR count). The predicted octanol–water partition coefficient (Wildman–Crippen LogP) is 3.91. The molecule has 6 heteroatoms. The molecule has 2 heterocycles. The summed E-state index contributed by atoms with van der Waals surface area (Å²) in [6, 6.07) is 11.7. The SMILES string of the molecule is O=C(c1ccn(C(F)F)n1)N1CCCC[C@H]1CCc1ccccc1. The van der Waals surface area contributed by atoms with Crippen LogP contribution in [-0.2, 0) is 6.42 Å². The number of piperidine rings is 1. The first-order valence-electron chi connectivity index (χ1n) is 8.33. The van der Waals surface area contributed by atoms with Crippen LogP contribution in [0.1, 0.15) is 48.3 Å². The molecule has 0 N–H and O–H groups in total. The smallest absolute Gasteiger partial charge is 0.333 e. The number of hydrogen-bond donors (Lipinski definition) is 0. The van der Waals surface area contributed by atoms with Crippen LogP contribution in [-0.4, -0.2) is 33.2 Å². The number of rotatable bonds is 5. The van der Waals surface area contributed by atoms with E-state index < -0.39 is 6.55 Å². The largest absolute Gasteiger partial charge is 0.334 e. The molecule has 0 radical (unpaired) electrons. The zero-order valence-corrected chi connectivity index (χ0v) is 13.4. The third-order valence-corrected chi connectivity index (χ3v) is 4.52. The maximum absolute atomic E-state index is 12.7. The lowest BCUT2D eigenvalue weighted by molar-refractivity contribution is 0.0524. The van der Waals surface area contributed by atoms with Crippen molar-refractivity contribution in [2.45, 2.75) is 44.7 Å². The van der Waals surface area contributed by atoms with Crippen LogP contribution in [0.2, 0.25) is 0 Å². The van der Waals surface area contributed by atoms with E-state index in [1.54, 1.807) is 0 Å². The van der Waals surface area contributed by atoms with Crippen molar-refractivity contribution in [2.75, 3.05) is 6.54 Å². The normalized spacial score (nSPS) is 18.1. The molecule has 1 atom stereocenters. The standard InChI is InChI=1S/C18H21F2N3O/c19-18(20)23-13-11-16(21-23)17(24)22-12-5-4-8-15(22)10-9-14-6-2-1-3-7-14/h1-3,6-7,11,13,15,18H,4-5,8-10,12H2/t15-/m0/s1. The number of likely N-dealkylation sites (tertiary alicyclic amines) is 1. The number of nitrogens with zero attached hydrogens (tertiary/aromatic N) is 3. The van der Waals surface area contributed by atoms with Gasteiger partial charge in [-0.15, -0.1) is 0 Å². The number of alkyl halides is 2. The lowest BCUT2D eigenvalue weighted by Crippen LogP contribution is -2.44. The minimum Gasteiger partial charge on any atom is -0.334 e. The highest BCUT2D eigenvalue weighted by atomic mass is 19.3. The quantitative estimate of drug-likeness (QED) is 0.832. The van der Waals surface area contributed by atoms with Crippen LogP contribution in [0.5, 0.6) is 0 Å². The Morgan fingerprint density at radius 1 is 1.21 bits per heavy atom. The van der Waals surface area contributed by atoms with E-state index in [4.69, 9.17) is 0 Å². The molecule has 1 aliphatic heterocycles. The minimum atomic E-state index is -2.72. The van der Waals surface area contributed by atoms with Gasteiger partial charge < -0.3 is 4.90 Å². The molecule has 0 aliphatic carbocycles. The van der Waals surface area contributed by atoms with E-state index in [0.29, 0.717) is 11.2 Å². The van der Waals surface area contributed by atoms with Crippen LogP contribution in [0.25, 0.3) is 0 Å². The van der Waals surface area contributed by atoms with Gasteiger partial charge in [0.05, 0.1) is 0 Å². The molecule has 0 bridgehead atoms. The minimum absolute atomic E-state index is 0.0990. The first-order valence-corrected chi connectivity index (χ1v) is 8.33. The number of hydrogen-bond acceptors (Lipinski definition) is 2. The Morgan fingerprint density at radius 2 is 2.00 bits per heavy atom. The Balaban J connectivity index is 1.67. The molecule has 128 valence electrons. The molecular weight excluding hydrogens is 312 g/mol. The number of carbonyl (C=O) groups excluding carboxylic acids is 1. The van der Waals surface area contributed by atoms with Crippen LogP contribution >= 0.6 is 0 Å². The molecule has 24 heavy (non-hydrogen) atoms. The molecule has 1 fully saturated rings. The summed E-state index contributed by atoms with van der Waals surface area (Å²) in [6.07, 6.45) is 5.93. The molecule has 0 unspecified atom stereocenters. The van der Waals surface area contributed by atoms with Gasteiger partial charge in [0.15, 0.2) is 5.69 Å². The highest BCUT2D eigenvalue weighted by Crippen LogP contribution is 2.23. The summed E-state index contributed by atoms with van der Waals surface area (Å²) in [5.41, 5.74) is 1.35. The zero-order valence-electron chi connectivity index (χ0n) is 13.4. The molecule has 1 aromatic carbocycles. The van der Waals surface area contributed by atoms with Crippen molar-refractivity contribution >= 4 is 5.91 Å². The second kappa shape index (κ2) is 7.55. The Labute approximate surface area is 140 Å². The summed E-state index contributed by atoms with van der Waals surface area (Å²) in [7, 11) is 0. The fourth-order valence-corrected chi connectivity index (χ4v) is 3.25. The summed E-state index contributed by atoms with van der Waals surface area (Å²) in [4.78, 5) is 14.5. The Morgan fingerprint density at radius 3 is 2.71 bits per heavy atom. The maximum atomic E-state index is 12.7. The number of benzene rings is 1. The van der Waals surface area contributed by atoms with E-state index in [2.05, 4.69) is 17.2 Å². The number of aromatic nitrogens is 2. The summed E-state index contributed by atoms with van der Waals surface area (Å²) in [5, 5.41) is 3.71. The first-order chi connectivity index (χ1) is 11.6. The molecule has 4 nitrogen and oxygen atoms in total. The zero-order chi connectivity index (χ0) is 16.9. The predicted molar refractivity (Wildman–Crippen MR) is 86.9 cm³/mol. The molecule has 1 aliphatic rings. The van der Waals surface area contributed by atoms with Crippen LogP contribution < -0.4 is 0 Å². The molecule has 1 amide bonds. The average molecular weight is 333 g/mol. The van der Waals surface area contributed by atoms with E-state index >= 15 is 0 Å². The van der Waals surface area contributed by atoms with Crippen LogP contribution in [0, 0.1) is 0 Å². The summed E-state index contributed by atoms with van der Waals surface area (Å²) >= 11 is 0. The maximum Gasteiger partial charge on any atom is 0.333 e. The molecule has 1 saturated heterocycles. The van der Waals surface area contributed by atoms with Crippen molar-refractivity contribution in [3.63, 3.8) is 0 Å². The van der Waals surface area contributed by atoms with E-state index in [0.717, 1.165) is 38.3 Å². The van der Waals surface area contributed by atoms with Crippen molar-refractivity contribution in [1.82, 2.24) is 14.7 Å². The Kier molecular flexibility index (Phi) is 5.23. The second-order valence-electron chi connectivity index (χ2n) is 6.13. The molecule has 0 saturated carbocycles. The molecule has 2 aromatic rings. The summed E-state index contributed by atoms with van der Waals surface area (Å²) in [6.45, 7) is -2.05.